The summed E-state index contributed by atoms with van der Waals surface area (Å²) in [6, 6.07) is 3.99. The van der Waals surface area contributed by atoms with Gasteiger partial charge in [-0.25, -0.2) is 0 Å². The van der Waals surface area contributed by atoms with Gasteiger partial charge in [0.05, 0.1) is 5.56 Å². The van der Waals surface area contributed by atoms with Crippen LogP contribution < -0.4 is 10.6 Å². The number of thioether (sulfide) groups is 1. The second-order valence-corrected chi connectivity index (χ2v) is 7.00. The van der Waals surface area contributed by atoms with Crippen molar-refractivity contribution in [3.05, 3.63) is 24.5 Å². The van der Waals surface area contributed by atoms with Gasteiger partial charge >= 0.3 is 0 Å². The number of hydrogen-bond donors (Lipinski definition) is 1. The Kier molecular flexibility index (Phi) is 4.12. The average Bonchev–Trinajstić information content (AvgIpc) is 2.90. The van der Waals surface area contributed by atoms with Crippen LogP contribution in [-0.4, -0.2) is 33.4 Å². The molecule has 2 aromatic rings. The van der Waals surface area contributed by atoms with Gasteiger partial charge in [0.2, 0.25) is 0 Å². The molecule has 1 fully saturated rings. The number of nitrogens with two attached hydrogens (primary N) is 1. The van der Waals surface area contributed by atoms with Crippen molar-refractivity contribution < 1.29 is 0 Å². The summed E-state index contributed by atoms with van der Waals surface area (Å²) >= 11 is 3.57. The molecule has 1 aliphatic heterocycles. The van der Waals surface area contributed by atoms with E-state index in [1.807, 2.05) is 18.3 Å². The van der Waals surface area contributed by atoms with Crippen LogP contribution in [0.2, 0.25) is 0 Å². The first-order valence-corrected chi connectivity index (χ1v) is 8.64. The van der Waals surface area contributed by atoms with Gasteiger partial charge in [0.25, 0.3) is 0 Å². The number of anilines is 2. The maximum absolute atomic E-state index is 6.09. The summed E-state index contributed by atoms with van der Waals surface area (Å²) in [7, 11) is 0. The number of nitrogen functional groups attached to an aromatic ring is 1. The third kappa shape index (κ3) is 2.62. The van der Waals surface area contributed by atoms with Gasteiger partial charge in [-0.05, 0) is 24.0 Å². The highest BCUT2D eigenvalue weighted by Crippen LogP contribution is 2.40. The minimum atomic E-state index is 0.615. The van der Waals surface area contributed by atoms with Crippen LogP contribution >= 0.6 is 23.3 Å². The number of rotatable bonds is 3. The van der Waals surface area contributed by atoms with Crippen molar-refractivity contribution in [3.63, 3.8) is 0 Å². The molecule has 1 aliphatic rings. The number of nitrogens with zero attached hydrogens (tertiary/aromatic N) is 3. The maximum Gasteiger partial charge on any atom is 0.147 e. The number of pyridine rings is 1. The van der Waals surface area contributed by atoms with E-state index >= 15 is 0 Å². The lowest BCUT2D eigenvalue weighted by atomic mass is 10.1. The van der Waals surface area contributed by atoms with Gasteiger partial charge in [-0.1, -0.05) is 13.0 Å². The molecule has 0 amide bonds. The van der Waals surface area contributed by atoms with Crippen molar-refractivity contribution in [1.82, 2.24) is 9.36 Å². The van der Waals surface area contributed by atoms with Gasteiger partial charge in [-0.2, -0.15) is 16.1 Å². The molecule has 0 bridgehead atoms. The summed E-state index contributed by atoms with van der Waals surface area (Å²) in [6.07, 6.45) is 4.85. The van der Waals surface area contributed by atoms with Crippen molar-refractivity contribution in [3.8, 4) is 11.1 Å². The molecule has 3 heterocycles. The van der Waals surface area contributed by atoms with Crippen LogP contribution in [0.25, 0.3) is 11.1 Å². The smallest absolute Gasteiger partial charge is 0.147 e. The molecule has 106 valence electrons. The molecule has 0 aliphatic carbocycles. The van der Waals surface area contributed by atoms with Crippen LogP contribution in [-0.2, 0) is 0 Å². The summed E-state index contributed by atoms with van der Waals surface area (Å²) < 4.78 is 4.36. The summed E-state index contributed by atoms with van der Waals surface area (Å²) in [4.78, 5) is 6.63. The lowest BCUT2D eigenvalue weighted by molar-refractivity contribution is 0.733. The van der Waals surface area contributed by atoms with E-state index in [2.05, 4.69) is 32.9 Å². The van der Waals surface area contributed by atoms with Crippen LogP contribution in [0.3, 0.4) is 0 Å². The van der Waals surface area contributed by atoms with Crippen LogP contribution in [0.5, 0.6) is 0 Å². The van der Waals surface area contributed by atoms with Gasteiger partial charge < -0.3 is 10.6 Å². The fraction of sp³-hybridized carbons (Fsp3) is 0.429. The number of hydrogen-bond acceptors (Lipinski definition) is 6. The summed E-state index contributed by atoms with van der Waals surface area (Å²) in [5, 5.41) is 1.89. The van der Waals surface area contributed by atoms with Gasteiger partial charge in [-0.15, -0.1) is 0 Å². The van der Waals surface area contributed by atoms with Crippen molar-refractivity contribution >= 4 is 34.1 Å². The van der Waals surface area contributed by atoms with Crippen molar-refractivity contribution in [1.29, 1.82) is 0 Å². The van der Waals surface area contributed by atoms with Crippen molar-refractivity contribution in [2.45, 2.75) is 18.6 Å². The summed E-state index contributed by atoms with van der Waals surface area (Å²) in [5.74, 6) is 1.78. The molecule has 3 rings (SSSR count). The summed E-state index contributed by atoms with van der Waals surface area (Å²) in [6.45, 7) is 4.40. The van der Waals surface area contributed by atoms with Crippen molar-refractivity contribution in [2.24, 2.45) is 0 Å². The number of aromatic nitrogens is 2. The first-order valence-electron chi connectivity index (χ1n) is 6.81. The Bertz CT molecular complexity index is 570. The molecule has 0 saturated carbocycles. The Morgan fingerprint density at radius 1 is 1.50 bits per heavy atom. The molecule has 20 heavy (non-hydrogen) atoms. The van der Waals surface area contributed by atoms with E-state index in [0.717, 1.165) is 24.2 Å². The Balaban J connectivity index is 1.95. The van der Waals surface area contributed by atoms with Gasteiger partial charge in [0.1, 0.15) is 10.8 Å². The van der Waals surface area contributed by atoms with E-state index in [1.165, 1.54) is 28.7 Å². The first-order chi connectivity index (χ1) is 9.79. The predicted molar refractivity (Wildman–Crippen MR) is 88.5 cm³/mol. The van der Waals surface area contributed by atoms with E-state index in [9.17, 15) is 0 Å². The molecule has 2 N–H and O–H groups in total. The van der Waals surface area contributed by atoms with E-state index in [-0.39, 0.29) is 0 Å². The van der Waals surface area contributed by atoms with Crippen molar-refractivity contribution in [2.75, 3.05) is 29.5 Å². The van der Waals surface area contributed by atoms with Crippen LogP contribution in [0, 0.1) is 0 Å². The minimum absolute atomic E-state index is 0.615. The summed E-state index contributed by atoms with van der Waals surface area (Å²) in [5.41, 5.74) is 8.19. The Labute approximate surface area is 127 Å². The molecule has 1 unspecified atom stereocenters. The molecule has 0 spiro atoms. The van der Waals surface area contributed by atoms with Gasteiger partial charge in [-0.3, -0.25) is 4.98 Å². The SMILES string of the molecule is CCC1CN(c2snc(N)c2-c2cccnc2)CCS1. The second-order valence-electron chi connectivity index (χ2n) is 4.84. The monoisotopic (exact) mass is 306 g/mol. The zero-order valence-corrected chi connectivity index (χ0v) is 13.1. The van der Waals surface area contributed by atoms with E-state index in [4.69, 9.17) is 5.73 Å². The highest BCUT2D eigenvalue weighted by atomic mass is 32.2. The minimum Gasteiger partial charge on any atom is -0.382 e. The standard InChI is InChI=1S/C14H18N4S2/c1-2-11-9-18(6-7-19-11)14-12(13(15)17-20-14)10-4-3-5-16-8-10/h3-5,8,11H,2,6-7,9H2,1H3,(H2,15,17). The fourth-order valence-corrected chi connectivity index (χ4v) is 4.49. The zero-order chi connectivity index (χ0) is 13.9. The van der Waals surface area contributed by atoms with Crippen LogP contribution in [0.1, 0.15) is 13.3 Å². The molecule has 4 nitrogen and oxygen atoms in total. The third-order valence-electron chi connectivity index (χ3n) is 3.53. The normalized spacial score (nSPS) is 19.2. The fourth-order valence-electron chi connectivity index (χ4n) is 2.44. The molecule has 0 radical (unpaired) electrons. The van der Waals surface area contributed by atoms with Crippen LogP contribution in [0.15, 0.2) is 24.5 Å². The maximum atomic E-state index is 6.09. The van der Waals surface area contributed by atoms with E-state index < -0.39 is 0 Å². The van der Waals surface area contributed by atoms with E-state index in [0.29, 0.717) is 11.1 Å². The average molecular weight is 306 g/mol. The molecule has 1 saturated heterocycles. The third-order valence-corrected chi connectivity index (χ3v) is 5.83. The zero-order valence-electron chi connectivity index (χ0n) is 11.5. The Hall–Kier alpha value is -1.27. The largest absolute Gasteiger partial charge is 0.382 e. The molecule has 0 aromatic carbocycles. The lowest BCUT2D eigenvalue weighted by Gasteiger charge is -2.33. The quantitative estimate of drug-likeness (QED) is 0.944. The van der Waals surface area contributed by atoms with Gasteiger partial charge in [0.15, 0.2) is 0 Å². The molecule has 6 heteroatoms. The molecular weight excluding hydrogens is 288 g/mol. The first kappa shape index (κ1) is 13.7. The molecule has 1 atom stereocenters. The highest BCUT2D eigenvalue weighted by molar-refractivity contribution is 8.00. The Morgan fingerprint density at radius 3 is 3.15 bits per heavy atom. The lowest BCUT2D eigenvalue weighted by Crippen LogP contribution is -2.37. The second kappa shape index (κ2) is 6.01. The van der Waals surface area contributed by atoms with Gasteiger partial charge in [0, 0.05) is 42.0 Å². The Morgan fingerprint density at radius 2 is 2.40 bits per heavy atom. The van der Waals surface area contributed by atoms with E-state index in [1.54, 1.807) is 6.20 Å². The topological polar surface area (TPSA) is 55.0 Å². The molecule has 2 aromatic heterocycles. The predicted octanol–water partition coefficient (Wildman–Crippen LogP) is 3.12. The van der Waals surface area contributed by atoms with Crippen LogP contribution in [0.4, 0.5) is 10.8 Å². The molecular formula is C14H18N4S2. The highest BCUT2D eigenvalue weighted by Gasteiger charge is 2.24.